The number of methoxy groups -OCH3 is 1. The van der Waals surface area contributed by atoms with Crippen molar-refractivity contribution in [1.82, 2.24) is 15.2 Å². The van der Waals surface area contributed by atoms with Crippen LogP contribution in [0.4, 0.5) is 5.13 Å². The fourth-order valence-corrected chi connectivity index (χ4v) is 4.44. The van der Waals surface area contributed by atoms with E-state index in [0.29, 0.717) is 32.7 Å². The highest BCUT2D eigenvalue weighted by atomic mass is 35.5. The second-order valence-corrected chi connectivity index (χ2v) is 10.9. The molecule has 0 spiro atoms. The Morgan fingerprint density at radius 2 is 1.92 bits per heavy atom. The van der Waals surface area contributed by atoms with Gasteiger partial charge in [-0.15, -0.1) is 5.10 Å². The smallest absolute Gasteiger partial charge is 0.296 e. The van der Waals surface area contributed by atoms with E-state index in [-0.39, 0.29) is 11.7 Å². The first-order chi connectivity index (χ1) is 18.4. The van der Waals surface area contributed by atoms with Crippen molar-refractivity contribution in [2.75, 3.05) is 19.0 Å². The molecule has 2 heterocycles. The number of halogens is 1. The molecule has 3 rings (SSSR count). The van der Waals surface area contributed by atoms with Gasteiger partial charge in [-0.2, -0.15) is 0 Å². The Kier molecular flexibility index (Phi) is 10.0. The van der Waals surface area contributed by atoms with Gasteiger partial charge in [-0.3, -0.25) is 15.1 Å². The van der Waals surface area contributed by atoms with Crippen molar-refractivity contribution < 1.29 is 19.4 Å². The van der Waals surface area contributed by atoms with Crippen LogP contribution in [0.5, 0.6) is 10.9 Å². The van der Waals surface area contributed by atoms with Crippen LogP contribution in [0.15, 0.2) is 65.4 Å². The van der Waals surface area contributed by atoms with Crippen molar-refractivity contribution in [1.29, 1.82) is 0 Å². The summed E-state index contributed by atoms with van der Waals surface area (Å²) in [6.45, 7) is 11.4. The zero-order valence-electron chi connectivity index (χ0n) is 23.1. The summed E-state index contributed by atoms with van der Waals surface area (Å²) in [7, 11) is 1.56. The maximum Gasteiger partial charge on any atom is 0.296 e. The first kappa shape index (κ1) is 30.0. The zero-order chi connectivity index (χ0) is 28.7. The Hall–Kier alpha value is -3.53. The number of nitrogens with zero attached hydrogens (tertiary/aromatic N) is 3. The molecule has 10 heteroatoms. The number of ether oxygens (including phenoxy) is 2. The van der Waals surface area contributed by atoms with Crippen LogP contribution in [-0.2, 0) is 0 Å². The molecule has 1 amide bonds. The van der Waals surface area contributed by atoms with E-state index in [4.69, 9.17) is 21.1 Å². The van der Waals surface area contributed by atoms with E-state index < -0.39 is 11.5 Å². The number of rotatable bonds is 10. The molecule has 39 heavy (non-hydrogen) atoms. The molecular formula is C29H33ClN4O4S. The highest BCUT2D eigenvalue weighted by Crippen LogP contribution is 2.35. The van der Waals surface area contributed by atoms with Gasteiger partial charge in [0.2, 0.25) is 5.13 Å². The lowest BCUT2D eigenvalue weighted by Crippen LogP contribution is -2.20. The minimum absolute atomic E-state index is 0.255. The fourth-order valence-electron chi connectivity index (χ4n) is 3.68. The van der Waals surface area contributed by atoms with Crippen LogP contribution in [-0.4, -0.2) is 45.5 Å². The monoisotopic (exact) mass is 568 g/mol. The third-order valence-corrected chi connectivity index (χ3v) is 6.83. The van der Waals surface area contributed by atoms with Crippen molar-refractivity contribution in [3.05, 3.63) is 81.7 Å². The number of hydrogen-bond donors (Lipinski definition) is 2. The molecule has 0 atom stereocenters. The molecule has 0 saturated heterocycles. The molecule has 8 nitrogen and oxygen atoms in total. The Morgan fingerprint density at radius 1 is 1.18 bits per heavy atom. The Labute approximate surface area is 238 Å². The molecule has 0 fully saturated rings. The van der Waals surface area contributed by atoms with Crippen molar-refractivity contribution in [2.24, 2.45) is 0 Å². The van der Waals surface area contributed by atoms with E-state index in [1.54, 1.807) is 39.2 Å². The van der Waals surface area contributed by atoms with Crippen LogP contribution < -0.4 is 14.8 Å². The summed E-state index contributed by atoms with van der Waals surface area (Å²) in [5.41, 5.74) is 4.22. The summed E-state index contributed by atoms with van der Waals surface area (Å²) in [6, 6.07) is 7.04. The summed E-state index contributed by atoms with van der Waals surface area (Å²) >= 11 is 7.36. The van der Waals surface area contributed by atoms with E-state index in [2.05, 4.69) is 20.5 Å². The molecule has 2 N–H and O–H groups in total. The number of amides is 1. The molecule has 206 valence electrons. The predicted octanol–water partition coefficient (Wildman–Crippen LogP) is 6.81. The molecule has 0 aliphatic heterocycles. The van der Waals surface area contributed by atoms with Crippen LogP contribution in [0.1, 0.15) is 50.7 Å². The standard InChI is InChI=1S/C29H33ClN4O4S/c1-8-20(29(5,6)36)10-9-19(17(2)3)16-38-28-34-33-27(39-28)32-26(35)24-15-31-18(4)13-22(24)23-14-21(30)11-12-25(23)37-7/h8-15,36H,16H2,1-7H3,(H,32,33,35)/b10-9-,20-8+. The maximum absolute atomic E-state index is 13.3. The van der Waals surface area contributed by atoms with E-state index in [1.165, 1.54) is 6.20 Å². The molecule has 0 unspecified atom stereocenters. The first-order valence-corrected chi connectivity index (χ1v) is 13.4. The Balaban J connectivity index is 1.76. The van der Waals surface area contributed by atoms with Crippen LogP contribution >= 0.6 is 22.9 Å². The second-order valence-electron chi connectivity index (χ2n) is 9.49. The van der Waals surface area contributed by atoms with Gasteiger partial charge in [-0.05, 0) is 88.3 Å². The highest BCUT2D eigenvalue weighted by Gasteiger charge is 2.20. The summed E-state index contributed by atoms with van der Waals surface area (Å²) in [5, 5.41) is 22.3. The number of aromatic nitrogens is 3. The topological polar surface area (TPSA) is 106 Å². The number of aliphatic hydroxyl groups is 1. The number of anilines is 1. The average molecular weight is 569 g/mol. The molecule has 0 aliphatic rings. The molecule has 0 bridgehead atoms. The molecule has 3 aromatic rings. The Bertz CT molecular complexity index is 1430. The molecular weight excluding hydrogens is 536 g/mol. The van der Waals surface area contributed by atoms with Gasteiger partial charge >= 0.3 is 0 Å². The molecule has 0 saturated carbocycles. The normalized spacial score (nSPS) is 12.0. The van der Waals surface area contributed by atoms with Crippen LogP contribution in [0, 0.1) is 6.92 Å². The highest BCUT2D eigenvalue weighted by molar-refractivity contribution is 7.17. The van der Waals surface area contributed by atoms with Crippen LogP contribution in [0.3, 0.4) is 0 Å². The lowest BCUT2D eigenvalue weighted by Gasteiger charge is -2.18. The lowest BCUT2D eigenvalue weighted by atomic mass is 9.96. The van der Waals surface area contributed by atoms with Gasteiger partial charge in [0.15, 0.2) is 0 Å². The van der Waals surface area contributed by atoms with Gasteiger partial charge in [0.25, 0.3) is 11.1 Å². The maximum atomic E-state index is 13.3. The molecule has 1 aromatic carbocycles. The van der Waals surface area contributed by atoms with Gasteiger partial charge < -0.3 is 14.6 Å². The minimum atomic E-state index is -0.948. The number of nitrogens with one attached hydrogen (secondary N) is 1. The number of benzene rings is 1. The number of pyridine rings is 1. The lowest BCUT2D eigenvalue weighted by molar-refractivity contribution is 0.102. The summed E-state index contributed by atoms with van der Waals surface area (Å²) in [6.07, 6.45) is 7.18. The SMILES string of the molecule is C/C=C(\C=C/C(COc1nnc(NC(=O)c2cnc(C)cc2-c2cc(Cl)ccc2OC)s1)=C(C)C)C(C)(C)O. The summed E-state index contributed by atoms with van der Waals surface area (Å²) in [4.78, 5) is 17.6. The Morgan fingerprint density at radius 3 is 2.56 bits per heavy atom. The molecule has 0 aliphatic carbocycles. The van der Waals surface area contributed by atoms with Crippen molar-refractivity contribution in [3.63, 3.8) is 0 Å². The summed E-state index contributed by atoms with van der Waals surface area (Å²) in [5.74, 6) is 0.180. The van der Waals surface area contributed by atoms with Crippen LogP contribution in [0.2, 0.25) is 5.02 Å². The molecule has 0 radical (unpaired) electrons. The number of aryl methyl sites for hydroxylation is 1. The predicted molar refractivity (Wildman–Crippen MR) is 157 cm³/mol. The van der Waals surface area contributed by atoms with Gasteiger partial charge in [0.05, 0.1) is 18.3 Å². The third-order valence-electron chi connectivity index (χ3n) is 5.84. The number of allylic oxidation sites excluding steroid dienone is 2. The van der Waals surface area contributed by atoms with E-state index in [0.717, 1.165) is 33.8 Å². The van der Waals surface area contributed by atoms with Crippen molar-refractivity contribution in [3.8, 4) is 22.1 Å². The number of carbonyl (C=O) groups excluding carboxylic acids is 1. The number of carbonyl (C=O) groups is 1. The van der Waals surface area contributed by atoms with Gasteiger partial charge in [0.1, 0.15) is 12.4 Å². The number of hydrogen-bond acceptors (Lipinski definition) is 8. The first-order valence-electron chi connectivity index (χ1n) is 12.2. The van der Waals surface area contributed by atoms with E-state index in [1.807, 2.05) is 52.0 Å². The zero-order valence-corrected chi connectivity index (χ0v) is 24.7. The quantitative estimate of drug-likeness (QED) is 0.259. The van der Waals surface area contributed by atoms with E-state index >= 15 is 0 Å². The fraction of sp³-hybridized carbons (Fsp3) is 0.310. The minimum Gasteiger partial charge on any atom is -0.496 e. The largest absolute Gasteiger partial charge is 0.496 e. The average Bonchev–Trinajstić information content (AvgIpc) is 3.32. The third kappa shape index (κ3) is 7.98. The second kappa shape index (κ2) is 13.0. The van der Waals surface area contributed by atoms with Gasteiger partial charge in [-0.25, -0.2) is 0 Å². The van der Waals surface area contributed by atoms with Crippen molar-refractivity contribution >= 4 is 34.0 Å². The van der Waals surface area contributed by atoms with Gasteiger partial charge in [-0.1, -0.05) is 40.5 Å². The van der Waals surface area contributed by atoms with E-state index in [9.17, 15) is 9.90 Å². The summed E-state index contributed by atoms with van der Waals surface area (Å²) < 4.78 is 11.4. The van der Waals surface area contributed by atoms with Crippen LogP contribution in [0.25, 0.3) is 11.1 Å². The van der Waals surface area contributed by atoms with Crippen molar-refractivity contribution in [2.45, 2.75) is 47.1 Å². The molecule has 2 aromatic heterocycles. The van der Waals surface area contributed by atoms with Gasteiger partial charge in [0, 0.05) is 28.0 Å².